The quantitative estimate of drug-likeness (QED) is 0.324. The second-order valence-corrected chi connectivity index (χ2v) is 6.67. The highest BCUT2D eigenvalue weighted by Crippen LogP contribution is 2.41. The molecule has 0 N–H and O–H groups in total. The van der Waals surface area contributed by atoms with Crippen LogP contribution in [0, 0.1) is 15.9 Å². The molecule has 0 saturated carbocycles. The SMILES string of the molecule is CCc1nc(Cl)nc(N2CC[C@@H](c3ccc(F)cc3)[C@@H]2C(=O)OC)c1[N+](=O)[O-]. The molecule has 1 aromatic carbocycles. The number of nitrogens with zero attached hydrogens (tertiary/aromatic N) is 4. The van der Waals surface area contributed by atoms with Crippen molar-refractivity contribution >= 4 is 29.1 Å². The van der Waals surface area contributed by atoms with Crippen LogP contribution in [-0.2, 0) is 16.0 Å². The third kappa shape index (κ3) is 3.62. The van der Waals surface area contributed by atoms with Crippen LogP contribution >= 0.6 is 11.6 Å². The molecule has 1 fully saturated rings. The number of rotatable bonds is 5. The molecule has 0 spiro atoms. The number of hydrogen-bond acceptors (Lipinski definition) is 7. The minimum Gasteiger partial charge on any atom is -0.467 e. The summed E-state index contributed by atoms with van der Waals surface area (Å²) >= 11 is 5.99. The summed E-state index contributed by atoms with van der Waals surface area (Å²) in [6.07, 6.45) is 0.787. The van der Waals surface area contributed by atoms with E-state index in [2.05, 4.69) is 9.97 Å². The molecule has 10 heteroatoms. The number of hydrogen-bond donors (Lipinski definition) is 0. The summed E-state index contributed by atoms with van der Waals surface area (Å²) in [4.78, 5) is 33.3. The number of carbonyl (C=O) groups is 1. The van der Waals surface area contributed by atoms with Crippen LogP contribution in [0.25, 0.3) is 0 Å². The Morgan fingerprint density at radius 1 is 1.39 bits per heavy atom. The maximum Gasteiger partial charge on any atom is 0.332 e. The maximum absolute atomic E-state index is 13.3. The standard InChI is InChI=1S/C18H18ClFN4O4/c1-3-13-15(24(26)27)16(22-18(19)21-13)23-9-8-12(14(23)17(25)28-2)10-4-6-11(20)7-5-10/h4-7,12,14H,3,8-9H2,1-2H3/t12-,14+/m0/s1. The van der Waals surface area contributed by atoms with E-state index in [-0.39, 0.29) is 40.6 Å². The van der Waals surface area contributed by atoms with Gasteiger partial charge in [0.15, 0.2) is 0 Å². The number of anilines is 1. The van der Waals surface area contributed by atoms with Gasteiger partial charge < -0.3 is 9.64 Å². The fraction of sp³-hybridized carbons (Fsp3) is 0.389. The molecule has 28 heavy (non-hydrogen) atoms. The molecule has 0 unspecified atom stereocenters. The lowest BCUT2D eigenvalue weighted by atomic mass is 9.91. The van der Waals surface area contributed by atoms with Crippen molar-refractivity contribution in [3.8, 4) is 0 Å². The van der Waals surface area contributed by atoms with Crippen LogP contribution < -0.4 is 4.90 Å². The first-order valence-electron chi connectivity index (χ1n) is 8.68. The molecule has 2 atom stereocenters. The summed E-state index contributed by atoms with van der Waals surface area (Å²) < 4.78 is 18.2. The van der Waals surface area contributed by atoms with E-state index < -0.39 is 16.9 Å². The van der Waals surface area contributed by atoms with Crippen LogP contribution in [0.3, 0.4) is 0 Å². The fourth-order valence-electron chi connectivity index (χ4n) is 3.59. The third-order valence-electron chi connectivity index (χ3n) is 4.84. The summed E-state index contributed by atoms with van der Waals surface area (Å²) in [5.74, 6) is -1.30. The van der Waals surface area contributed by atoms with E-state index in [1.54, 1.807) is 19.1 Å². The molecule has 3 rings (SSSR count). The first kappa shape index (κ1) is 19.9. The Hall–Kier alpha value is -2.81. The highest BCUT2D eigenvalue weighted by Gasteiger charge is 2.44. The third-order valence-corrected chi connectivity index (χ3v) is 5.01. The maximum atomic E-state index is 13.3. The van der Waals surface area contributed by atoms with E-state index in [1.807, 2.05) is 0 Å². The van der Waals surface area contributed by atoms with Crippen molar-refractivity contribution in [1.82, 2.24) is 9.97 Å². The van der Waals surface area contributed by atoms with E-state index in [9.17, 15) is 19.3 Å². The van der Waals surface area contributed by atoms with Gasteiger partial charge in [-0.15, -0.1) is 0 Å². The second kappa shape index (κ2) is 8.05. The Labute approximate surface area is 165 Å². The van der Waals surface area contributed by atoms with Crippen molar-refractivity contribution in [3.63, 3.8) is 0 Å². The lowest BCUT2D eigenvalue weighted by Crippen LogP contribution is -2.41. The molecule has 148 valence electrons. The number of ether oxygens (including phenoxy) is 1. The van der Waals surface area contributed by atoms with Crippen LogP contribution in [0.1, 0.15) is 30.5 Å². The highest BCUT2D eigenvalue weighted by atomic mass is 35.5. The normalized spacial score (nSPS) is 18.9. The van der Waals surface area contributed by atoms with E-state index in [1.165, 1.54) is 24.1 Å². The smallest absolute Gasteiger partial charge is 0.332 e. The summed E-state index contributed by atoms with van der Waals surface area (Å²) in [5, 5.41) is 11.6. The van der Waals surface area contributed by atoms with Gasteiger partial charge in [0.1, 0.15) is 17.6 Å². The van der Waals surface area contributed by atoms with Gasteiger partial charge in [-0.1, -0.05) is 19.1 Å². The van der Waals surface area contributed by atoms with Gasteiger partial charge >= 0.3 is 11.7 Å². The van der Waals surface area contributed by atoms with Crippen molar-refractivity contribution < 1.29 is 18.8 Å². The van der Waals surface area contributed by atoms with Crippen LogP contribution in [0.4, 0.5) is 15.9 Å². The monoisotopic (exact) mass is 408 g/mol. The number of nitro groups is 1. The molecule has 1 aliphatic heterocycles. The molecule has 0 radical (unpaired) electrons. The zero-order valence-electron chi connectivity index (χ0n) is 15.3. The van der Waals surface area contributed by atoms with Gasteiger partial charge in [-0.25, -0.2) is 14.2 Å². The molecule has 1 aliphatic rings. The van der Waals surface area contributed by atoms with E-state index in [0.29, 0.717) is 13.0 Å². The largest absolute Gasteiger partial charge is 0.467 e. The molecule has 2 heterocycles. The Morgan fingerprint density at radius 2 is 2.07 bits per heavy atom. The molecule has 1 saturated heterocycles. The summed E-state index contributed by atoms with van der Waals surface area (Å²) in [6.45, 7) is 2.04. The van der Waals surface area contributed by atoms with Crippen LogP contribution in [-0.4, -0.2) is 40.6 Å². The predicted molar refractivity (Wildman–Crippen MR) is 100.0 cm³/mol. The summed E-state index contributed by atoms with van der Waals surface area (Å²) in [6, 6.07) is 4.96. The number of carbonyl (C=O) groups excluding carboxylic acids is 1. The Balaban J connectivity index is 2.11. The van der Waals surface area contributed by atoms with Crippen molar-refractivity contribution in [2.45, 2.75) is 31.7 Å². The minimum atomic E-state index is -0.857. The second-order valence-electron chi connectivity index (χ2n) is 6.33. The lowest BCUT2D eigenvalue weighted by Gasteiger charge is -2.27. The molecular weight excluding hydrogens is 391 g/mol. The molecule has 0 amide bonds. The first-order valence-corrected chi connectivity index (χ1v) is 9.05. The zero-order chi connectivity index (χ0) is 20.4. The van der Waals surface area contributed by atoms with Gasteiger partial charge in [-0.3, -0.25) is 10.1 Å². The van der Waals surface area contributed by atoms with E-state index in [4.69, 9.17) is 16.3 Å². The van der Waals surface area contributed by atoms with Crippen molar-refractivity contribution in [3.05, 3.63) is 56.7 Å². The Bertz CT molecular complexity index is 909. The topological polar surface area (TPSA) is 98.5 Å². The molecular formula is C18H18ClFN4O4. The van der Waals surface area contributed by atoms with Gasteiger partial charge in [0.05, 0.1) is 12.0 Å². The van der Waals surface area contributed by atoms with Crippen LogP contribution in [0.15, 0.2) is 24.3 Å². The zero-order valence-corrected chi connectivity index (χ0v) is 16.0. The van der Waals surface area contributed by atoms with Crippen molar-refractivity contribution in [2.24, 2.45) is 0 Å². The summed E-state index contributed by atoms with van der Waals surface area (Å²) in [5.41, 5.74) is 0.646. The molecule has 1 aromatic heterocycles. The number of halogens is 2. The average Bonchev–Trinajstić information content (AvgIpc) is 3.11. The lowest BCUT2D eigenvalue weighted by molar-refractivity contribution is -0.385. The predicted octanol–water partition coefficient (Wildman–Crippen LogP) is 3.28. The van der Waals surface area contributed by atoms with Crippen molar-refractivity contribution in [1.29, 1.82) is 0 Å². The summed E-state index contributed by atoms with van der Waals surface area (Å²) in [7, 11) is 1.25. The van der Waals surface area contributed by atoms with Gasteiger partial charge in [-0.05, 0) is 42.1 Å². The number of aryl methyl sites for hydroxylation is 1. The van der Waals surface area contributed by atoms with Crippen LogP contribution in [0.5, 0.6) is 0 Å². The molecule has 8 nitrogen and oxygen atoms in total. The van der Waals surface area contributed by atoms with Crippen LogP contribution in [0.2, 0.25) is 5.28 Å². The van der Waals surface area contributed by atoms with Gasteiger partial charge in [-0.2, -0.15) is 4.98 Å². The highest BCUT2D eigenvalue weighted by molar-refractivity contribution is 6.28. The number of benzene rings is 1. The molecule has 0 aliphatic carbocycles. The first-order chi connectivity index (χ1) is 13.4. The Morgan fingerprint density at radius 3 is 2.64 bits per heavy atom. The average molecular weight is 409 g/mol. The van der Waals surface area contributed by atoms with Crippen molar-refractivity contribution in [2.75, 3.05) is 18.6 Å². The van der Waals surface area contributed by atoms with Gasteiger partial charge in [0.2, 0.25) is 11.1 Å². The molecule has 2 aromatic rings. The molecule has 0 bridgehead atoms. The fourth-order valence-corrected chi connectivity index (χ4v) is 3.78. The Kier molecular flexibility index (Phi) is 5.73. The van der Waals surface area contributed by atoms with Gasteiger partial charge in [0.25, 0.3) is 0 Å². The van der Waals surface area contributed by atoms with E-state index >= 15 is 0 Å². The number of esters is 1. The van der Waals surface area contributed by atoms with E-state index in [0.717, 1.165) is 5.56 Å². The minimum absolute atomic E-state index is 0.0122. The number of methoxy groups -OCH3 is 1. The number of aromatic nitrogens is 2. The van der Waals surface area contributed by atoms with Gasteiger partial charge in [0, 0.05) is 12.5 Å².